The molecule has 6 heteroatoms. The molecule has 0 fully saturated rings. The van der Waals surface area contributed by atoms with E-state index in [1.807, 2.05) is 18.2 Å². The summed E-state index contributed by atoms with van der Waals surface area (Å²) >= 11 is 0. The van der Waals surface area contributed by atoms with Crippen LogP contribution in [0.1, 0.15) is 11.3 Å². The van der Waals surface area contributed by atoms with Crippen molar-refractivity contribution in [3.05, 3.63) is 11.3 Å². The Morgan fingerprint density at radius 1 is 1.25 bits per heavy atom. The van der Waals surface area contributed by atoms with E-state index in [-0.39, 0.29) is 13.1 Å². The van der Waals surface area contributed by atoms with Crippen LogP contribution in [0.15, 0.2) is 0 Å². The standard InChI is InChI=1S/C10H10N6/c1-8-9(7-13)10(15(2)14-8)16(5-3-11)6-4-12/h5-6H2,1-2H3. The highest BCUT2D eigenvalue weighted by Gasteiger charge is 2.18. The number of nitriles is 3. The topological polar surface area (TPSA) is 92.4 Å². The molecule has 80 valence electrons. The molecule has 16 heavy (non-hydrogen) atoms. The van der Waals surface area contributed by atoms with Gasteiger partial charge in [0.2, 0.25) is 0 Å². The fourth-order valence-electron chi connectivity index (χ4n) is 1.52. The zero-order valence-corrected chi connectivity index (χ0v) is 9.10. The van der Waals surface area contributed by atoms with E-state index in [0.717, 1.165) is 0 Å². The monoisotopic (exact) mass is 214 g/mol. The van der Waals surface area contributed by atoms with Gasteiger partial charge in [0.05, 0.1) is 17.8 Å². The van der Waals surface area contributed by atoms with Gasteiger partial charge in [-0.1, -0.05) is 0 Å². The SMILES string of the molecule is Cc1nn(C)c(N(CC#N)CC#N)c1C#N. The lowest BCUT2D eigenvalue weighted by Crippen LogP contribution is -2.26. The molecule has 0 spiro atoms. The van der Waals surface area contributed by atoms with Gasteiger partial charge < -0.3 is 4.90 Å². The summed E-state index contributed by atoms with van der Waals surface area (Å²) in [6, 6.07) is 5.96. The molecule has 1 heterocycles. The van der Waals surface area contributed by atoms with Crippen molar-refractivity contribution in [3.63, 3.8) is 0 Å². The molecule has 0 unspecified atom stereocenters. The van der Waals surface area contributed by atoms with Crippen LogP contribution >= 0.6 is 0 Å². The largest absolute Gasteiger partial charge is 0.329 e. The summed E-state index contributed by atoms with van der Waals surface area (Å²) in [6.45, 7) is 1.83. The van der Waals surface area contributed by atoms with Crippen molar-refractivity contribution < 1.29 is 0 Å². The summed E-state index contributed by atoms with van der Waals surface area (Å²) < 4.78 is 1.52. The van der Waals surface area contributed by atoms with Crippen molar-refractivity contribution in [2.75, 3.05) is 18.0 Å². The van der Waals surface area contributed by atoms with E-state index in [1.54, 1.807) is 14.0 Å². The van der Waals surface area contributed by atoms with Gasteiger partial charge in [0.1, 0.15) is 30.5 Å². The van der Waals surface area contributed by atoms with Crippen molar-refractivity contribution >= 4 is 5.82 Å². The van der Waals surface area contributed by atoms with Gasteiger partial charge in [-0.3, -0.25) is 4.68 Å². The van der Waals surface area contributed by atoms with Gasteiger partial charge in [-0.2, -0.15) is 20.9 Å². The number of aromatic nitrogens is 2. The molecule has 0 atom stereocenters. The van der Waals surface area contributed by atoms with Crippen molar-refractivity contribution in [1.82, 2.24) is 9.78 Å². The fourth-order valence-corrected chi connectivity index (χ4v) is 1.52. The summed E-state index contributed by atoms with van der Waals surface area (Å²) in [5.74, 6) is 0.517. The lowest BCUT2D eigenvalue weighted by atomic mass is 10.2. The van der Waals surface area contributed by atoms with Crippen molar-refractivity contribution in [1.29, 1.82) is 15.8 Å². The van der Waals surface area contributed by atoms with Gasteiger partial charge in [-0.25, -0.2) is 0 Å². The summed E-state index contributed by atoms with van der Waals surface area (Å²) in [5.41, 5.74) is 1.01. The molecule has 6 nitrogen and oxygen atoms in total. The molecule has 1 rings (SSSR count). The van der Waals surface area contributed by atoms with Gasteiger partial charge in [-0.05, 0) is 6.92 Å². The maximum atomic E-state index is 9.00. The average Bonchev–Trinajstić information content (AvgIpc) is 2.52. The number of hydrogen-bond donors (Lipinski definition) is 0. The first-order chi connectivity index (χ1) is 7.65. The van der Waals surface area contributed by atoms with Crippen LogP contribution in [-0.2, 0) is 7.05 Å². The maximum absolute atomic E-state index is 9.00. The summed E-state index contributed by atoms with van der Waals surface area (Å²) in [4.78, 5) is 1.53. The highest BCUT2D eigenvalue weighted by atomic mass is 15.4. The van der Waals surface area contributed by atoms with Crippen LogP contribution < -0.4 is 4.90 Å². The normalized spacial score (nSPS) is 8.94. The molecule has 1 aromatic rings. The lowest BCUT2D eigenvalue weighted by Gasteiger charge is -2.17. The summed E-state index contributed by atoms with van der Waals surface area (Å²) in [6.07, 6.45) is 0. The zero-order chi connectivity index (χ0) is 12.1. The Kier molecular flexibility index (Phi) is 3.48. The number of rotatable bonds is 3. The van der Waals surface area contributed by atoms with Crippen molar-refractivity contribution in [3.8, 4) is 18.2 Å². The van der Waals surface area contributed by atoms with E-state index in [1.165, 1.54) is 9.58 Å². The van der Waals surface area contributed by atoms with Crippen LogP contribution in [0, 0.1) is 40.9 Å². The van der Waals surface area contributed by atoms with Crippen molar-refractivity contribution in [2.45, 2.75) is 6.92 Å². The number of nitrogens with zero attached hydrogens (tertiary/aromatic N) is 6. The van der Waals surface area contributed by atoms with E-state index < -0.39 is 0 Å². The van der Waals surface area contributed by atoms with Crippen LogP contribution in [0.4, 0.5) is 5.82 Å². The molecule has 0 aromatic carbocycles. The van der Waals surface area contributed by atoms with Gasteiger partial charge in [0, 0.05) is 7.05 Å². The Labute approximate surface area is 93.5 Å². The Balaban J connectivity index is 3.25. The third kappa shape index (κ3) is 1.94. The number of aryl methyl sites for hydroxylation is 2. The Morgan fingerprint density at radius 3 is 2.25 bits per heavy atom. The number of anilines is 1. The van der Waals surface area contributed by atoms with Gasteiger partial charge in [0.15, 0.2) is 0 Å². The highest BCUT2D eigenvalue weighted by Crippen LogP contribution is 2.21. The van der Waals surface area contributed by atoms with Crippen LogP contribution in [0.25, 0.3) is 0 Å². The first-order valence-corrected chi connectivity index (χ1v) is 4.58. The van der Waals surface area contributed by atoms with E-state index in [0.29, 0.717) is 17.1 Å². The fraction of sp³-hybridized carbons (Fsp3) is 0.400. The predicted molar refractivity (Wildman–Crippen MR) is 56.1 cm³/mol. The average molecular weight is 214 g/mol. The molecule has 0 radical (unpaired) electrons. The number of hydrogen-bond acceptors (Lipinski definition) is 5. The third-order valence-corrected chi connectivity index (χ3v) is 2.13. The quantitative estimate of drug-likeness (QED) is 0.681. The van der Waals surface area contributed by atoms with Crippen LogP contribution in [-0.4, -0.2) is 22.9 Å². The second-order valence-corrected chi connectivity index (χ2v) is 3.19. The first kappa shape index (κ1) is 11.6. The first-order valence-electron chi connectivity index (χ1n) is 4.58. The molecule has 0 aliphatic heterocycles. The van der Waals surface area contributed by atoms with E-state index in [2.05, 4.69) is 5.10 Å². The lowest BCUT2D eigenvalue weighted by molar-refractivity contribution is 0.732. The minimum Gasteiger partial charge on any atom is -0.329 e. The van der Waals surface area contributed by atoms with Crippen molar-refractivity contribution in [2.24, 2.45) is 7.05 Å². The maximum Gasteiger partial charge on any atom is 0.146 e. The Bertz CT molecular complexity index is 491. The zero-order valence-electron chi connectivity index (χ0n) is 9.10. The minimum atomic E-state index is 0.0568. The molecule has 0 aliphatic rings. The molecular formula is C10H10N6. The minimum absolute atomic E-state index is 0.0568. The molecule has 0 saturated heterocycles. The third-order valence-electron chi connectivity index (χ3n) is 2.13. The molecule has 0 saturated carbocycles. The second-order valence-electron chi connectivity index (χ2n) is 3.19. The van der Waals surface area contributed by atoms with Gasteiger partial charge in [-0.15, -0.1) is 0 Å². The molecule has 0 bridgehead atoms. The Morgan fingerprint density at radius 2 is 1.81 bits per heavy atom. The van der Waals surface area contributed by atoms with Gasteiger partial charge in [0.25, 0.3) is 0 Å². The smallest absolute Gasteiger partial charge is 0.146 e. The van der Waals surface area contributed by atoms with E-state index in [9.17, 15) is 0 Å². The summed E-state index contributed by atoms with van der Waals surface area (Å²) in [7, 11) is 1.69. The molecular weight excluding hydrogens is 204 g/mol. The van der Waals surface area contributed by atoms with E-state index >= 15 is 0 Å². The van der Waals surface area contributed by atoms with Crippen LogP contribution in [0.5, 0.6) is 0 Å². The molecule has 0 N–H and O–H groups in total. The van der Waals surface area contributed by atoms with E-state index in [4.69, 9.17) is 15.8 Å². The van der Waals surface area contributed by atoms with Crippen LogP contribution in [0.2, 0.25) is 0 Å². The molecule has 0 amide bonds. The highest BCUT2D eigenvalue weighted by molar-refractivity contribution is 5.57. The summed E-state index contributed by atoms with van der Waals surface area (Å²) in [5, 5.41) is 30.4. The molecule has 1 aromatic heterocycles. The van der Waals surface area contributed by atoms with Gasteiger partial charge >= 0.3 is 0 Å². The molecule has 0 aliphatic carbocycles. The predicted octanol–water partition coefficient (Wildman–Crippen LogP) is 0.454. The second kappa shape index (κ2) is 4.82. The van der Waals surface area contributed by atoms with Crippen LogP contribution in [0.3, 0.4) is 0 Å². The Hall–Kier alpha value is -2.52.